The average molecular weight is 186 g/mol. The van der Waals surface area contributed by atoms with Gasteiger partial charge in [0.2, 0.25) is 0 Å². The van der Waals surface area contributed by atoms with E-state index in [1.165, 1.54) is 0 Å². The van der Waals surface area contributed by atoms with Crippen molar-refractivity contribution < 1.29 is 5.11 Å². The predicted octanol–water partition coefficient (Wildman–Crippen LogP) is 1.13. The molecule has 0 aliphatic rings. The van der Waals surface area contributed by atoms with E-state index in [-0.39, 0.29) is 6.61 Å². The molecular weight excluding hydrogens is 172 g/mol. The second-order valence-electron chi connectivity index (χ2n) is 2.93. The summed E-state index contributed by atoms with van der Waals surface area (Å²) in [7, 11) is 0. The van der Waals surface area contributed by atoms with Crippen molar-refractivity contribution in [2.75, 3.05) is 0 Å². The molecule has 1 rings (SSSR count). The summed E-state index contributed by atoms with van der Waals surface area (Å²) in [6.45, 7) is 5.03. The van der Waals surface area contributed by atoms with E-state index in [1.807, 2.05) is 5.38 Å². The Kier molecular flexibility index (Phi) is 3.65. The summed E-state index contributed by atoms with van der Waals surface area (Å²) < 4.78 is 0. The number of nitrogens with zero attached hydrogens (tertiary/aromatic N) is 1. The van der Waals surface area contributed by atoms with Crippen molar-refractivity contribution in [3.8, 4) is 0 Å². The van der Waals surface area contributed by atoms with Crippen LogP contribution >= 0.6 is 11.3 Å². The minimum absolute atomic E-state index is 0.0399. The molecule has 0 saturated carbocycles. The largest absolute Gasteiger partial charge is 0.390 e. The van der Waals surface area contributed by atoms with Crippen LogP contribution in [0, 0.1) is 0 Å². The Balaban J connectivity index is 2.41. The monoisotopic (exact) mass is 186 g/mol. The van der Waals surface area contributed by atoms with Gasteiger partial charge in [0.15, 0.2) is 0 Å². The Bertz CT molecular complexity index is 235. The highest BCUT2D eigenvalue weighted by Crippen LogP contribution is 2.09. The van der Waals surface area contributed by atoms with Crippen molar-refractivity contribution >= 4 is 11.3 Å². The molecule has 0 unspecified atom stereocenters. The number of hydrogen-bond acceptors (Lipinski definition) is 4. The van der Waals surface area contributed by atoms with E-state index < -0.39 is 0 Å². The van der Waals surface area contributed by atoms with Crippen molar-refractivity contribution in [3.05, 3.63) is 16.1 Å². The summed E-state index contributed by atoms with van der Waals surface area (Å²) in [5.74, 6) is 0. The molecule has 3 nitrogen and oxygen atoms in total. The second kappa shape index (κ2) is 4.54. The molecule has 1 aromatic rings. The van der Waals surface area contributed by atoms with Crippen LogP contribution in [0.5, 0.6) is 0 Å². The molecule has 0 bridgehead atoms. The topological polar surface area (TPSA) is 45.2 Å². The zero-order valence-corrected chi connectivity index (χ0v) is 8.19. The zero-order valence-electron chi connectivity index (χ0n) is 7.37. The van der Waals surface area contributed by atoms with Gasteiger partial charge in [0.1, 0.15) is 5.01 Å². The van der Waals surface area contributed by atoms with Gasteiger partial charge in [-0.2, -0.15) is 0 Å². The van der Waals surface area contributed by atoms with E-state index in [9.17, 15) is 0 Å². The summed E-state index contributed by atoms with van der Waals surface area (Å²) in [6.07, 6.45) is 0. The molecule has 0 amide bonds. The van der Waals surface area contributed by atoms with Crippen LogP contribution in [-0.4, -0.2) is 16.1 Å². The molecule has 12 heavy (non-hydrogen) atoms. The summed E-state index contributed by atoms with van der Waals surface area (Å²) in [5.41, 5.74) is 0.764. The first-order valence-electron chi connectivity index (χ1n) is 4.00. The third kappa shape index (κ3) is 2.89. The normalized spacial score (nSPS) is 11.0. The highest BCUT2D eigenvalue weighted by molar-refractivity contribution is 7.09. The number of aromatic nitrogens is 1. The Morgan fingerprint density at radius 1 is 1.67 bits per heavy atom. The zero-order chi connectivity index (χ0) is 8.97. The van der Waals surface area contributed by atoms with E-state index in [0.717, 1.165) is 17.2 Å². The standard InChI is InChI=1S/C8H14N2OS/c1-6(2)9-3-8-10-7(4-11)5-12-8/h5-6,9,11H,3-4H2,1-2H3. The van der Waals surface area contributed by atoms with Gasteiger partial charge in [-0.05, 0) is 0 Å². The number of rotatable bonds is 4. The molecule has 68 valence electrons. The molecule has 0 spiro atoms. The van der Waals surface area contributed by atoms with Crippen LogP contribution in [-0.2, 0) is 13.2 Å². The van der Waals surface area contributed by atoms with E-state index in [4.69, 9.17) is 5.11 Å². The molecule has 0 radical (unpaired) electrons. The lowest BCUT2D eigenvalue weighted by Gasteiger charge is -2.04. The number of thiazole rings is 1. The summed E-state index contributed by atoms with van der Waals surface area (Å²) in [4.78, 5) is 4.21. The van der Waals surface area contributed by atoms with Crippen LogP contribution in [0.3, 0.4) is 0 Å². The van der Waals surface area contributed by atoms with E-state index in [0.29, 0.717) is 6.04 Å². The van der Waals surface area contributed by atoms with E-state index >= 15 is 0 Å². The Morgan fingerprint density at radius 3 is 2.92 bits per heavy atom. The smallest absolute Gasteiger partial charge is 0.107 e. The third-order valence-corrected chi connectivity index (χ3v) is 2.32. The molecule has 0 aliphatic carbocycles. The van der Waals surface area contributed by atoms with Crippen molar-refractivity contribution in [1.82, 2.24) is 10.3 Å². The number of aliphatic hydroxyl groups excluding tert-OH is 1. The molecule has 0 aliphatic heterocycles. The van der Waals surface area contributed by atoms with Crippen LogP contribution < -0.4 is 5.32 Å². The van der Waals surface area contributed by atoms with Crippen LogP contribution in [0.25, 0.3) is 0 Å². The quantitative estimate of drug-likeness (QED) is 0.741. The minimum atomic E-state index is 0.0399. The summed E-state index contributed by atoms with van der Waals surface area (Å²) >= 11 is 1.58. The number of nitrogens with one attached hydrogen (secondary N) is 1. The maximum atomic E-state index is 8.75. The van der Waals surface area contributed by atoms with E-state index in [2.05, 4.69) is 24.1 Å². The third-order valence-electron chi connectivity index (χ3n) is 1.42. The molecule has 4 heteroatoms. The molecule has 0 aromatic carbocycles. The molecule has 1 aromatic heterocycles. The van der Waals surface area contributed by atoms with Gasteiger partial charge in [-0.1, -0.05) is 13.8 Å². The first-order chi connectivity index (χ1) is 5.72. The maximum absolute atomic E-state index is 8.75. The lowest BCUT2D eigenvalue weighted by molar-refractivity contribution is 0.277. The molecule has 2 N–H and O–H groups in total. The summed E-state index contributed by atoms with van der Waals surface area (Å²) in [6, 6.07) is 0.478. The molecule has 0 fully saturated rings. The highest BCUT2D eigenvalue weighted by atomic mass is 32.1. The fourth-order valence-corrected chi connectivity index (χ4v) is 1.53. The average Bonchev–Trinajstić information content (AvgIpc) is 2.48. The van der Waals surface area contributed by atoms with Gasteiger partial charge < -0.3 is 10.4 Å². The fourth-order valence-electron chi connectivity index (χ4n) is 0.794. The van der Waals surface area contributed by atoms with Gasteiger partial charge in [-0.3, -0.25) is 0 Å². The summed E-state index contributed by atoms with van der Waals surface area (Å²) in [5, 5.41) is 14.9. The lowest BCUT2D eigenvalue weighted by atomic mass is 10.4. The SMILES string of the molecule is CC(C)NCc1nc(CO)cs1. The highest BCUT2D eigenvalue weighted by Gasteiger charge is 2.00. The number of hydrogen-bond donors (Lipinski definition) is 2. The van der Waals surface area contributed by atoms with E-state index in [1.54, 1.807) is 11.3 Å². The van der Waals surface area contributed by atoms with Crippen molar-refractivity contribution in [2.24, 2.45) is 0 Å². The van der Waals surface area contributed by atoms with Gasteiger partial charge in [-0.25, -0.2) is 4.98 Å². The van der Waals surface area contributed by atoms with Gasteiger partial charge >= 0.3 is 0 Å². The maximum Gasteiger partial charge on any atom is 0.107 e. The Hall–Kier alpha value is -0.450. The number of aliphatic hydroxyl groups is 1. The minimum Gasteiger partial charge on any atom is -0.390 e. The molecule has 0 atom stereocenters. The predicted molar refractivity (Wildman–Crippen MR) is 50.0 cm³/mol. The van der Waals surface area contributed by atoms with Gasteiger partial charge in [-0.15, -0.1) is 11.3 Å². The van der Waals surface area contributed by atoms with Crippen molar-refractivity contribution in [2.45, 2.75) is 33.0 Å². The Morgan fingerprint density at radius 2 is 2.42 bits per heavy atom. The first kappa shape index (κ1) is 9.64. The first-order valence-corrected chi connectivity index (χ1v) is 4.88. The van der Waals surface area contributed by atoms with Crippen molar-refractivity contribution in [1.29, 1.82) is 0 Å². The van der Waals surface area contributed by atoms with Gasteiger partial charge in [0, 0.05) is 18.0 Å². The van der Waals surface area contributed by atoms with Crippen LogP contribution in [0.1, 0.15) is 24.5 Å². The van der Waals surface area contributed by atoms with Crippen LogP contribution in [0.15, 0.2) is 5.38 Å². The molecular formula is C8H14N2OS. The lowest BCUT2D eigenvalue weighted by Crippen LogP contribution is -2.21. The molecule has 0 saturated heterocycles. The second-order valence-corrected chi connectivity index (χ2v) is 3.87. The Labute approximate surface area is 76.5 Å². The van der Waals surface area contributed by atoms with Gasteiger partial charge in [0.05, 0.1) is 12.3 Å². The fraction of sp³-hybridized carbons (Fsp3) is 0.625. The van der Waals surface area contributed by atoms with Crippen molar-refractivity contribution in [3.63, 3.8) is 0 Å². The van der Waals surface area contributed by atoms with Gasteiger partial charge in [0.25, 0.3) is 0 Å². The van der Waals surface area contributed by atoms with Crippen LogP contribution in [0.2, 0.25) is 0 Å². The van der Waals surface area contributed by atoms with Crippen LogP contribution in [0.4, 0.5) is 0 Å². The molecule has 1 heterocycles.